The zero-order valence-electron chi connectivity index (χ0n) is 20.8. The lowest BCUT2D eigenvalue weighted by Crippen LogP contribution is -2.48. The van der Waals surface area contributed by atoms with Crippen LogP contribution in [0, 0.1) is 6.92 Å². The highest BCUT2D eigenvalue weighted by molar-refractivity contribution is 6.35. The molecule has 0 aliphatic carbocycles. The molecule has 4 atom stereocenters. The van der Waals surface area contributed by atoms with Crippen molar-refractivity contribution in [3.8, 4) is 5.75 Å². The smallest absolute Gasteiger partial charge is 0.326 e. The lowest BCUT2D eigenvalue weighted by Gasteiger charge is -2.21. The monoisotopic (exact) mass is 572 g/mol. The van der Waals surface area contributed by atoms with Crippen molar-refractivity contribution in [1.82, 2.24) is 5.32 Å². The van der Waals surface area contributed by atoms with Crippen molar-refractivity contribution in [1.29, 1.82) is 0 Å². The molecular weight excluding hydrogens is 547 g/mol. The van der Waals surface area contributed by atoms with Crippen molar-refractivity contribution in [2.75, 3.05) is 0 Å². The number of aryl methyl sites for hydroxylation is 1. The fourth-order valence-electron chi connectivity index (χ4n) is 4.15. The van der Waals surface area contributed by atoms with Crippen molar-refractivity contribution in [3.05, 3.63) is 99.0 Å². The number of halogens is 2. The third-order valence-electron chi connectivity index (χ3n) is 6.22. The number of primary amides is 1. The summed E-state index contributed by atoms with van der Waals surface area (Å²) in [5.74, 6) is -2.34. The summed E-state index contributed by atoms with van der Waals surface area (Å²) in [7, 11) is 0. The maximum absolute atomic E-state index is 13.2. The molecule has 1 aliphatic heterocycles. The number of rotatable bonds is 10. The molecule has 1 saturated heterocycles. The molecule has 1 fully saturated rings. The van der Waals surface area contributed by atoms with Gasteiger partial charge in [0, 0.05) is 22.0 Å². The number of carbonyl (C=O) groups is 3. The van der Waals surface area contributed by atoms with Crippen molar-refractivity contribution in [2.24, 2.45) is 5.73 Å². The molecule has 1 aliphatic rings. The molecule has 39 heavy (non-hydrogen) atoms. The topological polar surface area (TPSA) is 137 Å². The first kappa shape index (κ1) is 28.4. The molecule has 2 amide bonds. The Balaban J connectivity index is 1.43. The van der Waals surface area contributed by atoms with E-state index in [1.807, 2.05) is 19.1 Å². The van der Waals surface area contributed by atoms with Gasteiger partial charge in [0.25, 0.3) is 11.8 Å². The predicted molar refractivity (Wildman–Crippen MR) is 143 cm³/mol. The second-order valence-corrected chi connectivity index (χ2v) is 9.76. The largest absolute Gasteiger partial charge is 0.489 e. The summed E-state index contributed by atoms with van der Waals surface area (Å²) < 4.78 is 16.9. The SMILES string of the molecule is Cc1ccccc1[C@H]1OC(C(N)=O)O[C@H]1C(=O)N[C@@H](Cc1ccc(OCc2c(Cl)cccc2Cl)cc1)C(=O)O. The number of benzene rings is 3. The molecule has 0 bridgehead atoms. The molecule has 11 heteroatoms. The molecule has 1 unspecified atom stereocenters. The normalized spacial score (nSPS) is 19.3. The summed E-state index contributed by atoms with van der Waals surface area (Å²) >= 11 is 12.4. The second-order valence-electron chi connectivity index (χ2n) is 8.94. The summed E-state index contributed by atoms with van der Waals surface area (Å²) in [4.78, 5) is 36.9. The molecule has 0 aromatic heterocycles. The van der Waals surface area contributed by atoms with Gasteiger partial charge in [-0.1, -0.05) is 65.7 Å². The van der Waals surface area contributed by atoms with E-state index in [0.29, 0.717) is 32.5 Å². The van der Waals surface area contributed by atoms with Gasteiger partial charge < -0.3 is 30.4 Å². The van der Waals surface area contributed by atoms with Gasteiger partial charge in [-0.25, -0.2) is 4.79 Å². The van der Waals surface area contributed by atoms with Crippen LogP contribution in [0.25, 0.3) is 0 Å². The van der Waals surface area contributed by atoms with Crippen LogP contribution in [0.3, 0.4) is 0 Å². The van der Waals surface area contributed by atoms with Gasteiger partial charge in [-0.3, -0.25) is 9.59 Å². The summed E-state index contributed by atoms with van der Waals surface area (Å²) in [5.41, 5.74) is 8.06. The molecular formula is C28H26Cl2N2O7. The first-order chi connectivity index (χ1) is 18.6. The average molecular weight is 573 g/mol. The lowest BCUT2D eigenvalue weighted by molar-refractivity contribution is -0.151. The van der Waals surface area contributed by atoms with E-state index >= 15 is 0 Å². The maximum Gasteiger partial charge on any atom is 0.326 e. The Hall–Kier alpha value is -3.63. The van der Waals surface area contributed by atoms with Gasteiger partial charge in [0.1, 0.15) is 24.5 Å². The van der Waals surface area contributed by atoms with Crippen LogP contribution in [0.5, 0.6) is 5.75 Å². The Labute approximate surface area is 234 Å². The van der Waals surface area contributed by atoms with Crippen LogP contribution >= 0.6 is 23.2 Å². The zero-order chi connectivity index (χ0) is 28.1. The number of nitrogens with one attached hydrogen (secondary N) is 1. The van der Waals surface area contributed by atoms with Crippen molar-refractivity contribution < 1.29 is 33.7 Å². The minimum absolute atomic E-state index is 0.0143. The summed E-state index contributed by atoms with van der Waals surface area (Å²) in [6.07, 6.45) is -3.68. The average Bonchev–Trinajstić information content (AvgIpc) is 3.35. The van der Waals surface area contributed by atoms with Crippen molar-refractivity contribution >= 4 is 41.0 Å². The van der Waals surface area contributed by atoms with Gasteiger partial charge in [0.2, 0.25) is 6.29 Å². The van der Waals surface area contributed by atoms with Crippen LogP contribution in [0.1, 0.15) is 28.4 Å². The molecule has 9 nitrogen and oxygen atoms in total. The number of hydrogen-bond acceptors (Lipinski definition) is 6. The molecule has 0 saturated carbocycles. The first-order valence-corrected chi connectivity index (χ1v) is 12.7. The number of nitrogens with two attached hydrogens (primary N) is 1. The van der Waals surface area contributed by atoms with E-state index in [2.05, 4.69) is 5.32 Å². The summed E-state index contributed by atoms with van der Waals surface area (Å²) in [6, 6.07) is 17.8. The van der Waals surface area contributed by atoms with Gasteiger partial charge in [-0.2, -0.15) is 0 Å². The predicted octanol–water partition coefficient (Wildman–Crippen LogP) is 3.96. The molecule has 204 valence electrons. The van der Waals surface area contributed by atoms with Crippen LogP contribution < -0.4 is 15.8 Å². The van der Waals surface area contributed by atoms with Gasteiger partial charge in [0.15, 0.2) is 6.10 Å². The quantitative estimate of drug-likeness (QED) is 0.334. The molecule has 4 rings (SSSR count). The third kappa shape index (κ3) is 6.88. The molecule has 1 heterocycles. The number of carboxylic acids is 1. The highest BCUT2D eigenvalue weighted by atomic mass is 35.5. The highest BCUT2D eigenvalue weighted by Crippen LogP contribution is 2.34. The first-order valence-electron chi connectivity index (χ1n) is 12.0. The van der Waals surface area contributed by atoms with E-state index in [1.54, 1.807) is 54.6 Å². The van der Waals surface area contributed by atoms with Gasteiger partial charge >= 0.3 is 5.97 Å². The number of carboxylic acid groups (broad SMARTS) is 1. The Kier molecular flexibility index (Phi) is 9.08. The summed E-state index contributed by atoms with van der Waals surface area (Å²) in [6.45, 7) is 1.98. The van der Waals surface area contributed by atoms with Crippen molar-refractivity contribution in [3.63, 3.8) is 0 Å². The molecule has 3 aromatic rings. The fraction of sp³-hybridized carbons (Fsp3) is 0.250. The Morgan fingerprint density at radius 2 is 1.67 bits per heavy atom. The van der Waals surface area contributed by atoms with Crippen LogP contribution in [-0.2, 0) is 36.9 Å². The van der Waals surface area contributed by atoms with Crippen LogP contribution in [0.15, 0.2) is 66.7 Å². The highest BCUT2D eigenvalue weighted by Gasteiger charge is 2.45. The van der Waals surface area contributed by atoms with Gasteiger partial charge in [-0.15, -0.1) is 0 Å². The number of ether oxygens (including phenoxy) is 3. The number of hydrogen-bond donors (Lipinski definition) is 3. The molecule has 0 spiro atoms. The second kappa shape index (κ2) is 12.5. The fourth-order valence-corrected chi connectivity index (χ4v) is 4.66. The number of amides is 2. The minimum atomic E-state index is -1.44. The molecule has 0 radical (unpaired) electrons. The number of carbonyl (C=O) groups excluding carboxylic acids is 2. The summed E-state index contributed by atoms with van der Waals surface area (Å²) in [5, 5.41) is 13.3. The van der Waals surface area contributed by atoms with E-state index in [0.717, 1.165) is 5.56 Å². The lowest BCUT2D eigenvalue weighted by atomic mass is 9.98. The zero-order valence-corrected chi connectivity index (χ0v) is 22.3. The van der Waals surface area contributed by atoms with E-state index in [9.17, 15) is 19.5 Å². The van der Waals surface area contributed by atoms with Crippen molar-refractivity contribution in [2.45, 2.75) is 44.5 Å². The van der Waals surface area contributed by atoms with E-state index in [-0.39, 0.29) is 13.0 Å². The minimum Gasteiger partial charge on any atom is -0.489 e. The van der Waals surface area contributed by atoms with Crippen LogP contribution in [0.2, 0.25) is 10.0 Å². The van der Waals surface area contributed by atoms with E-state index in [1.165, 1.54) is 0 Å². The van der Waals surface area contributed by atoms with Gasteiger partial charge in [-0.05, 0) is 47.9 Å². The molecule has 4 N–H and O–H groups in total. The Morgan fingerprint density at radius 1 is 1.00 bits per heavy atom. The maximum atomic E-state index is 13.2. The number of aliphatic carboxylic acids is 1. The Morgan fingerprint density at radius 3 is 2.28 bits per heavy atom. The van der Waals surface area contributed by atoms with Crippen LogP contribution in [-0.4, -0.2) is 41.3 Å². The third-order valence-corrected chi connectivity index (χ3v) is 6.93. The van der Waals surface area contributed by atoms with E-state index < -0.39 is 42.3 Å². The Bertz CT molecular complexity index is 1350. The standard InChI is InChI=1S/C28H26Cl2N2O7/c1-15-5-2-3-6-18(15)23-24(39-28(38-23)25(31)33)26(34)32-22(27(35)36)13-16-9-11-17(12-10-16)37-14-19-20(29)7-4-8-21(19)30/h2-12,22-24,28H,13-14H2,1H3,(H2,31,33)(H,32,34)(H,35,36)/t22-,23+,24+,28?/m0/s1. The van der Waals surface area contributed by atoms with Gasteiger partial charge in [0.05, 0.1) is 0 Å². The van der Waals surface area contributed by atoms with Crippen LogP contribution in [0.4, 0.5) is 0 Å². The van der Waals surface area contributed by atoms with E-state index in [4.69, 9.17) is 43.1 Å². The molecule has 3 aromatic carbocycles.